The number of aryl methyl sites for hydroxylation is 1. The van der Waals surface area contributed by atoms with E-state index in [0.29, 0.717) is 33.8 Å². The SMILES string of the molecule is Cc1n[nH]c2cc(-c3nc([C@H](Cc4ccccc4)NC(=O)NCc4cc(Cl)ccc4-n4cnnn4)[nH]c3Cl)ccc12. The molecule has 6 aromatic rings. The fourth-order valence-corrected chi connectivity index (χ4v) is 5.11. The van der Waals surface area contributed by atoms with Gasteiger partial charge in [0, 0.05) is 22.5 Å². The summed E-state index contributed by atoms with van der Waals surface area (Å²) in [6.07, 6.45) is 1.97. The maximum atomic E-state index is 13.2. The van der Waals surface area contributed by atoms with Gasteiger partial charge in [0.1, 0.15) is 23.0 Å². The standard InChI is InChI=1S/C28H24Cl2N10O/c1-16-21-9-7-18(13-22(21)37-36-16)25-26(30)35-27(34-25)23(11-17-5-3-2-4-6-17)33-28(41)31-14-19-12-20(29)8-10-24(19)40-15-32-38-39-40/h2-10,12-13,15,23H,11,14H2,1H3,(H,34,35)(H,36,37)(H2,31,33,41)/t23-/m0/s1. The van der Waals surface area contributed by atoms with Crippen molar-refractivity contribution in [2.75, 3.05) is 0 Å². The van der Waals surface area contributed by atoms with Crippen LogP contribution >= 0.6 is 23.2 Å². The number of benzene rings is 3. The van der Waals surface area contributed by atoms with Crippen LogP contribution < -0.4 is 10.6 Å². The Morgan fingerprint density at radius 3 is 2.73 bits per heavy atom. The summed E-state index contributed by atoms with van der Waals surface area (Å²) in [6, 6.07) is 20.1. The Labute approximate surface area is 244 Å². The fourth-order valence-electron chi connectivity index (χ4n) is 4.67. The molecule has 0 saturated heterocycles. The van der Waals surface area contributed by atoms with E-state index in [1.807, 2.05) is 55.5 Å². The Balaban J connectivity index is 1.24. The maximum absolute atomic E-state index is 13.2. The van der Waals surface area contributed by atoms with Gasteiger partial charge in [0.25, 0.3) is 0 Å². The minimum absolute atomic E-state index is 0.188. The number of halogens is 2. The number of nitrogens with zero attached hydrogens (tertiary/aromatic N) is 6. The van der Waals surface area contributed by atoms with E-state index < -0.39 is 12.1 Å². The van der Waals surface area contributed by atoms with Crippen molar-refractivity contribution >= 4 is 40.1 Å². The van der Waals surface area contributed by atoms with E-state index >= 15 is 0 Å². The van der Waals surface area contributed by atoms with Crippen LogP contribution in [0, 0.1) is 6.92 Å². The van der Waals surface area contributed by atoms with E-state index in [0.717, 1.165) is 33.3 Å². The number of carbonyl (C=O) groups excluding carboxylic acids is 1. The monoisotopic (exact) mass is 586 g/mol. The third-order valence-corrected chi connectivity index (χ3v) is 7.21. The number of rotatable bonds is 8. The summed E-state index contributed by atoms with van der Waals surface area (Å²) in [5.41, 5.74) is 5.69. The Bertz CT molecular complexity index is 1810. The Hall–Kier alpha value is -4.74. The number of nitrogens with one attached hydrogen (secondary N) is 4. The molecule has 0 fully saturated rings. The Morgan fingerprint density at radius 2 is 1.93 bits per heavy atom. The zero-order valence-corrected chi connectivity index (χ0v) is 23.3. The molecular weight excluding hydrogens is 563 g/mol. The molecule has 0 saturated carbocycles. The van der Waals surface area contributed by atoms with Crippen LogP contribution in [0.5, 0.6) is 0 Å². The first-order chi connectivity index (χ1) is 19.9. The molecule has 11 nitrogen and oxygen atoms in total. The molecule has 0 radical (unpaired) electrons. The van der Waals surface area contributed by atoms with Gasteiger partial charge in [-0.05, 0) is 59.2 Å². The van der Waals surface area contributed by atoms with Gasteiger partial charge >= 0.3 is 6.03 Å². The topological polar surface area (TPSA) is 142 Å². The number of aromatic nitrogens is 8. The molecule has 0 aliphatic heterocycles. The Morgan fingerprint density at radius 1 is 1.07 bits per heavy atom. The van der Waals surface area contributed by atoms with Crippen LogP contribution in [0.1, 0.15) is 28.7 Å². The molecule has 3 aromatic carbocycles. The van der Waals surface area contributed by atoms with Crippen LogP contribution in [-0.4, -0.2) is 46.4 Å². The second kappa shape index (κ2) is 11.4. The minimum atomic E-state index is -0.500. The van der Waals surface area contributed by atoms with Gasteiger partial charge < -0.3 is 15.6 Å². The summed E-state index contributed by atoms with van der Waals surface area (Å²) in [5.74, 6) is 0.530. The summed E-state index contributed by atoms with van der Waals surface area (Å²) in [7, 11) is 0. The number of tetrazole rings is 1. The lowest BCUT2D eigenvalue weighted by atomic mass is 10.1. The highest BCUT2D eigenvalue weighted by Crippen LogP contribution is 2.31. The zero-order chi connectivity index (χ0) is 28.3. The van der Waals surface area contributed by atoms with Gasteiger partial charge in [0.2, 0.25) is 0 Å². The number of fused-ring (bicyclic) bond motifs is 1. The lowest BCUT2D eigenvalue weighted by Crippen LogP contribution is -2.39. The average molecular weight is 587 g/mol. The molecule has 13 heteroatoms. The minimum Gasteiger partial charge on any atom is -0.334 e. The lowest BCUT2D eigenvalue weighted by Gasteiger charge is -2.18. The van der Waals surface area contributed by atoms with Crippen LogP contribution in [-0.2, 0) is 13.0 Å². The summed E-state index contributed by atoms with van der Waals surface area (Å²) in [5, 5.41) is 26.5. The number of H-pyrrole nitrogens is 2. The highest BCUT2D eigenvalue weighted by atomic mass is 35.5. The second-order valence-corrected chi connectivity index (χ2v) is 10.3. The van der Waals surface area contributed by atoms with Crippen molar-refractivity contribution in [1.82, 2.24) is 51.0 Å². The van der Waals surface area contributed by atoms with Crippen molar-refractivity contribution in [3.8, 4) is 16.9 Å². The smallest absolute Gasteiger partial charge is 0.315 e. The first-order valence-corrected chi connectivity index (χ1v) is 13.5. The Kier molecular flexibility index (Phi) is 7.36. The molecule has 0 unspecified atom stereocenters. The molecule has 0 spiro atoms. The molecule has 1 atom stereocenters. The van der Waals surface area contributed by atoms with Crippen molar-refractivity contribution in [2.24, 2.45) is 0 Å². The van der Waals surface area contributed by atoms with Gasteiger partial charge in [-0.25, -0.2) is 14.5 Å². The van der Waals surface area contributed by atoms with Gasteiger partial charge in [0.05, 0.1) is 22.9 Å². The molecule has 41 heavy (non-hydrogen) atoms. The van der Waals surface area contributed by atoms with Crippen molar-refractivity contribution in [3.05, 3.63) is 106 Å². The quantitative estimate of drug-likeness (QED) is 0.190. The van der Waals surface area contributed by atoms with Crippen molar-refractivity contribution in [2.45, 2.75) is 25.9 Å². The van der Waals surface area contributed by atoms with Crippen molar-refractivity contribution < 1.29 is 4.79 Å². The molecule has 0 bridgehead atoms. The van der Waals surface area contributed by atoms with Crippen LogP contribution in [0.25, 0.3) is 27.8 Å². The number of hydrogen-bond acceptors (Lipinski definition) is 6. The number of carbonyl (C=O) groups is 1. The van der Waals surface area contributed by atoms with E-state index in [2.05, 4.69) is 41.3 Å². The molecule has 6 rings (SSSR count). The maximum Gasteiger partial charge on any atom is 0.315 e. The predicted molar refractivity (Wildman–Crippen MR) is 156 cm³/mol. The fraction of sp³-hybridized carbons (Fsp3) is 0.143. The molecule has 4 N–H and O–H groups in total. The summed E-state index contributed by atoms with van der Waals surface area (Å²) in [6.45, 7) is 2.13. The first-order valence-electron chi connectivity index (χ1n) is 12.7. The highest BCUT2D eigenvalue weighted by molar-refractivity contribution is 6.32. The summed E-state index contributed by atoms with van der Waals surface area (Å²) < 4.78 is 1.51. The second-order valence-electron chi connectivity index (χ2n) is 9.45. The van der Waals surface area contributed by atoms with Gasteiger partial charge in [-0.15, -0.1) is 5.10 Å². The van der Waals surface area contributed by atoms with E-state index in [-0.39, 0.29) is 6.54 Å². The number of imidazole rings is 1. The molecular formula is C28H24Cl2N10O. The predicted octanol–water partition coefficient (Wildman–Crippen LogP) is 5.33. The van der Waals surface area contributed by atoms with E-state index in [4.69, 9.17) is 28.2 Å². The molecule has 3 heterocycles. The van der Waals surface area contributed by atoms with Crippen molar-refractivity contribution in [1.29, 1.82) is 0 Å². The van der Waals surface area contributed by atoms with Gasteiger partial charge in [-0.3, -0.25) is 5.10 Å². The first kappa shape index (κ1) is 26.5. The lowest BCUT2D eigenvalue weighted by molar-refractivity contribution is 0.236. The van der Waals surface area contributed by atoms with Crippen LogP contribution in [0.2, 0.25) is 10.2 Å². The van der Waals surface area contributed by atoms with Crippen LogP contribution in [0.3, 0.4) is 0 Å². The number of urea groups is 1. The van der Waals surface area contributed by atoms with Crippen molar-refractivity contribution in [3.63, 3.8) is 0 Å². The average Bonchev–Trinajstić information content (AvgIpc) is 3.73. The molecule has 2 amide bonds. The van der Waals surface area contributed by atoms with Gasteiger partial charge in [0.15, 0.2) is 0 Å². The van der Waals surface area contributed by atoms with Gasteiger partial charge in [-0.2, -0.15) is 5.10 Å². The van der Waals surface area contributed by atoms with E-state index in [1.54, 1.807) is 18.2 Å². The van der Waals surface area contributed by atoms with Crippen LogP contribution in [0.15, 0.2) is 73.1 Å². The summed E-state index contributed by atoms with van der Waals surface area (Å²) >= 11 is 12.9. The number of aromatic amines is 2. The number of hydrogen-bond donors (Lipinski definition) is 4. The third-order valence-electron chi connectivity index (χ3n) is 6.70. The highest BCUT2D eigenvalue weighted by Gasteiger charge is 2.22. The number of amides is 2. The largest absolute Gasteiger partial charge is 0.334 e. The van der Waals surface area contributed by atoms with Crippen LogP contribution in [0.4, 0.5) is 4.79 Å². The molecule has 206 valence electrons. The summed E-state index contributed by atoms with van der Waals surface area (Å²) in [4.78, 5) is 21.2. The molecule has 3 aromatic heterocycles. The molecule has 0 aliphatic carbocycles. The van der Waals surface area contributed by atoms with Gasteiger partial charge in [-0.1, -0.05) is 65.7 Å². The third kappa shape index (κ3) is 5.76. The van der Waals surface area contributed by atoms with E-state index in [1.165, 1.54) is 11.0 Å². The zero-order valence-electron chi connectivity index (χ0n) is 21.8. The molecule has 0 aliphatic rings. The van der Waals surface area contributed by atoms with E-state index in [9.17, 15) is 4.79 Å². The normalized spacial score (nSPS) is 12.0.